The van der Waals surface area contributed by atoms with Gasteiger partial charge in [0.2, 0.25) is 0 Å². The van der Waals surface area contributed by atoms with Crippen LogP contribution in [0.15, 0.2) is 65.8 Å². The van der Waals surface area contributed by atoms with Gasteiger partial charge < -0.3 is 14.5 Å². The summed E-state index contributed by atoms with van der Waals surface area (Å²) in [5.41, 5.74) is 0.858. The molecule has 2 aromatic carbocycles. The number of rotatable bonds is 7. The summed E-state index contributed by atoms with van der Waals surface area (Å²) in [6.07, 6.45) is 2.61. The number of aromatic amines is 1. The van der Waals surface area contributed by atoms with Gasteiger partial charge in [0.05, 0.1) is 12.5 Å². The van der Waals surface area contributed by atoms with Gasteiger partial charge in [-0.15, -0.1) is 0 Å². The Morgan fingerprint density at radius 1 is 1.03 bits per heavy atom. The van der Waals surface area contributed by atoms with Gasteiger partial charge in [-0.1, -0.05) is 29.8 Å². The third-order valence-corrected chi connectivity index (χ3v) is 5.05. The summed E-state index contributed by atoms with van der Waals surface area (Å²) in [5, 5.41) is 4.33. The maximum absolute atomic E-state index is 12.6. The molecule has 4 aromatic rings. The zero-order valence-corrected chi connectivity index (χ0v) is 18.4. The van der Waals surface area contributed by atoms with Crippen molar-refractivity contribution in [3.8, 4) is 5.75 Å². The van der Waals surface area contributed by atoms with Crippen LogP contribution in [0.5, 0.6) is 5.75 Å². The van der Waals surface area contributed by atoms with Crippen molar-refractivity contribution in [1.29, 1.82) is 0 Å². The highest BCUT2D eigenvalue weighted by Gasteiger charge is 2.32. The molecule has 0 aliphatic carbocycles. The molecule has 0 aliphatic heterocycles. The minimum Gasteiger partial charge on any atom is -0.476 e. The van der Waals surface area contributed by atoms with E-state index in [0.29, 0.717) is 27.9 Å². The van der Waals surface area contributed by atoms with Gasteiger partial charge >= 0.3 is 5.97 Å². The zero-order chi connectivity index (χ0) is 23.6. The molecule has 0 amide bonds. The van der Waals surface area contributed by atoms with E-state index in [9.17, 15) is 14.4 Å². The molecule has 0 unspecified atom stereocenters. The van der Waals surface area contributed by atoms with Crippen LogP contribution in [-0.2, 0) is 16.3 Å². The molecular formula is C24H22N4O5. The fourth-order valence-electron chi connectivity index (χ4n) is 3.18. The lowest BCUT2D eigenvalue weighted by Crippen LogP contribution is -2.40. The first kappa shape index (κ1) is 21.9. The van der Waals surface area contributed by atoms with Crippen molar-refractivity contribution in [3.63, 3.8) is 0 Å². The summed E-state index contributed by atoms with van der Waals surface area (Å²) >= 11 is 0. The highest BCUT2D eigenvalue weighted by atomic mass is 16.6. The van der Waals surface area contributed by atoms with E-state index < -0.39 is 11.6 Å². The van der Waals surface area contributed by atoms with E-state index in [1.54, 1.807) is 50.2 Å². The molecule has 2 heterocycles. The van der Waals surface area contributed by atoms with Gasteiger partial charge in [0.15, 0.2) is 23.8 Å². The fourth-order valence-corrected chi connectivity index (χ4v) is 3.18. The number of aromatic nitrogens is 4. The lowest BCUT2D eigenvalue weighted by atomic mass is 10.0. The first-order chi connectivity index (χ1) is 15.7. The number of carbonyl (C=O) groups is 2. The largest absolute Gasteiger partial charge is 0.476 e. The Hall–Kier alpha value is -4.27. The van der Waals surface area contributed by atoms with Crippen LogP contribution in [0.4, 0.5) is 0 Å². The minimum absolute atomic E-state index is 0.0980. The van der Waals surface area contributed by atoms with Gasteiger partial charge in [-0.3, -0.25) is 9.59 Å². The second kappa shape index (κ2) is 8.70. The van der Waals surface area contributed by atoms with Crippen molar-refractivity contribution in [2.75, 3.05) is 0 Å². The van der Waals surface area contributed by atoms with Crippen LogP contribution in [-0.4, -0.2) is 37.1 Å². The monoisotopic (exact) mass is 446 g/mol. The van der Waals surface area contributed by atoms with E-state index >= 15 is 0 Å². The third kappa shape index (κ3) is 4.67. The van der Waals surface area contributed by atoms with Crippen LogP contribution in [0.25, 0.3) is 11.0 Å². The number of hydrogen-bond donors (Lipinski definition) is 1. The second-order valence-corrected chi connectivity index (χ2v) is 8.01. The average Bonchev–Trinajstić information content (AvgIpc) is 3.22. The molecule has 9 heteroatoms. The molecular weight excluding hydrogens is 424 g/mol. The SMILES string of the molecule is Cc1ccc(C(=O)c2ccc(OC(C)(C)C(=O)OCn3ncc4c(=O)[nH]cnc43)cc2)cc1. The van der Waals surface area contributed by atoms with Crippen molar-refractivity contribution in [2.24, 2.45) is 0 Å². The van der Waals surface area contributed by atoms with Gasteiger partial charge in [0.1, 0.15) is 11.1 Å². The number of H-pyrrole nitrogens is 1. The molecule has 2 aromatic heterocycles. The molecule has 1 N–H and O–H groups in total. The Morgan fingerprint density at radius 2 is 1.67 bits per heavy atom. The molecule has 0 spiro atoms. The summed E-state index contributed by atoms with van der Waals surface area (Å²) in [4.78, 5) is 43.5. The highest BCUT2D eigenvalue weighted by molar-refractivity contribution is 6.09. The van der Waals surface area contributed by atoms with E-state index in [-0.39, 0.29) is 18.1 Å². The molecule has 0 bridgehead atoms. The summed E-state index contributed by atoms with van der Waals surface area (Å²) < 4.78 is 12.5. The topological polar surface area (TPSA) is 116 Å². The number of ether oxygens (including phenoxy) is 2. The van der Waals surface area contributed by atoms with Gasteiger partial charge in [-0.2, -0.15) is 5.10 Å². The first-order valence-corrected chi connectivity index (χ1v) is 10.2. The maximum atomic E-state index is 12.6. The Morgan fingerprint density at radius 3 is 2.33 bits per heavy atom. The molecule has 168 valence electrons. The molecule has 0 saturated heterocycles. The molecule has 4 rings (SSSR count). The number of nitrogens with zero attached hydrogens (tertiary/aromatic N) is 3. The fraction of sp³-hybridized carbons (Fsp3) is 0.208. The Bertz CT molecular complexity index is 1370. The van der Waals surface area contributed by atoms with Gasteiger partial charge in [0, 0.05) is 11.1 Å². The van der Waals surface area contributed by atoms with Crippen molar-refractivity contribution >= 4 is 22.8 Å². The number of ketones is 1. The zero-order valence-electron chi connectivity index (χ0n) is 18.4. The number of fused-ring (bicyclic) bond motifs is 1. The lowest BCUT2D eigenvalue weighted by molar-refractivity contribution is -0.163. The highest BCUT2D eigenvalue weighted by Crippen LogP contribution is 2.22. The summed E-state index contributed by atoms with van der Waals surface area (Å²) in [7, 11) is 0. The van der Waals surface area contributed by atoms with Gasteiger partial charge in [-0.05, 0) is 45.0 Å². The Labute approximate surface area is 189 Å². The molecule has 0 saturated carbocycles. The third-order valence-electron chi connectivity index (χ3n) is 5.05. The molecule has 0 aliphatic rings. The number of carbonyl (C=O) groups excluding carboxylic acids is 2. The van der Waals surface area contributed by atoms with E-state index in [2.05, 4.69) is 15.1 Å². The van der Waals surface area contributed by atoms with E-state index in [4.69, 9.17) is 9.47 Å². The minimum atomic E-state index is -1.31. The van der Waals surface area contributed by atoms with Crippen LogP contribution < -0.4 is 10.3 Å². The molecule has 33 heavy (non-hydrogen) atoms. The summed E-state index contributed by atoms with van der Waals surface area (Å²) in [6.45, 7) is 4.88. The van der Waals surface area contributed by atoms with Crippen LogP contribution in [0.1, 0.15) is 35.3 Å². The van der Waals surface area contributed by atoms with Crippen molar-refractivity contribution in [1.82, 2.24) is 19.7 Å². The number of esters is 1. The molecule has 0 atom stereocenters. The van der Waals surface area contributed by atoms with Crippen LogP contribution in [0.3, 0.4) is 0 Å². The maximum Gasteiger partial charge on any atom is 0.351 e. The standard InChI is InChI=1S/C24H22N4O5/c1-15-4-6-16(7-5-15)20(29)17-8-10-18(11-9-17)33-24(2,3)23(31)32-14-28-21-19(12-27-28)22(30)26-13-25-21/h4-13H,14H2,1-3H3,(H,25,26,30). The van der Waals surface area contributed by atoms with Gasteiger partial charge in [0.25, 0.3) is 5.56 Å². The van der Waals surface area contributed by atoms with Crippen LogP contribution in [0.2, 0.25) is 0 Å². The number of hydrogen-bond acceptors (Lipinski definition) is 7. The van der Waals surface area contributed by atoms with Crippen LogP contribution >= 0.6 is 0 Å². The summed E-state index contributed by atoms with van der Waals surface area (Å²) in [5.74, 6) is -0.315. The predicted molar refractivity (Wildman–Crippen MR) is 120 cm³/mol. The predicted octanol–water partition coefficient (Wildman–Crippen LogP) is 3.02. The van der Waals surface area contributed by atoms with Gasteiger partial charge in [-0.25, -0.2) is 14.5 Å². The average molecular weight is 446 g/mol. The Kier molecular flexibility index (Phi) is 5.78. The molecule has 0 radical (unpaired) electrons. The molecule has 9 nitrogen and oxygen atoms in total. The normalized spacial score (nSPS) is 11.4. The van der Waals surface area contributed by atoms with Crippen molar-refractivity contribution in [2.45, 2.75) is 33.1 Å². The Balaban J connectivity index is 1.40. The first-order valence-electron chi connectivity index (χ1n) is 10.2. The van der Waals surface area contributed by atoms with E-state index in [1.807, 2.05) is 19.1 Å². The van der Waals surface area contributed by atoms with Crippen molar-refractivity contribution < 1.29 is 19.1 Å². The smallest absolute Gasteiger partial charge is 0.351 e. The number of benzene rings is 2. The van der Waals surface area contributed by atoms with Crippen molar-refractivity contribution in [3.05, 3.63) is 88.1 Å². The quantitative estimate of drug-likeness (QED) is 0.343. The summed E-state index contributed by atoms with van der Waals surface area (Å²) in [6, 6.07) is 13.9. The van der Waals surface area contributed by atoms with Crippen LogP contribution in [0, 0.1) is 6.92 Å². The number of aryl methyl sites for hydroxylation is 1. The molecule has 0 fully saturated rings. The number of nitrogens with one attached hydrogen (secondary N) is 1. The second-order valence-electron chi connectivity index (χ2n) is 8.01. The van der Waals surface area contributed by atoms with E-state index in [0.717, 1.165) is 5.56 Å². The van der Waals surface area contributed by atoms with E-state index in [1.165, 1.54) is 17.2 Å². The lowest BCUT2D eigenvalue weighted by Gasteiger charge is -2.24.